The number of hydrogen-bond acceptors (Lipinski definition) is 15. The van der Waals surface area contributed by atoms with Gasteiger partial charge in [0.05, 0.1) is 26.4 Å². The van der Waals surface area contributed by atoms with Crippen LogP contribution in [0.3, 0.4) is 0 Å². The van der Waals surface area contributed by atoms with Gasteiger partial charge in [-0.2, -0.15) is 0 Å². The van der Waals surface area contributed by atoms with Crippen molar-refractivity contribution in [1.82, 2.24) is 0 Å². The van der Waals surface area contributed by atoms with Crippen molar-refractivity contribution in [3.63, 3.8) is 0 Å². The molecule has 2 unspecified atom stereocenters. The van der Waals surface area contributed by atoms with Crippen molar-refractivity contribution in [2.45, 2.75) is 445 Å². The molecule has 0 saturated carbocycles. The lowest BCUT2D eigenvalue weighted by Gasteiger charge is -2.21. The maximum absolute atomic E-state index is 13.1. The smallest absolute Gasteiger partial charge is 0.462 e. The average Bonchev–Trinajstić information content (AvgIpc) is 0.960. The van der Waals surface area contributed by atoms with E-state index in [0.717, 1.165) is 108 Å². The van der Waals surface area contributed by atoms with Crippen molar-refractivity contribution in [3.8, 4) is 0 Å². The van der Waals surface area contributed by atoms with E-state index < -0.39 is 97.5 Å². The first kappa shape index (κ1) is 98.1. The van der Waals surface area contributed by atoms with Crippen molar-refractivity contribution in [1.29, 1.82) is 0 Å². The largest absolute Gasteiger partial charge is 0.472 e. The van der Waals surface area contributed by atoms with Gasteiger partial charge in [-0.3, -0.25) is 37.3 Å². The standard InChI is InChI=1S/C81H158O17P2/c1-7-9-11-13-14-15-16-17-18-19-20-21-22-27-32-37-42-47-53-59-66-81(86)98-77(70-92-79(84)64-58-52-46-41-36-31-26-24-23-25-29-34-39-44-50-55-61-73(3)4)72-96-100(89,90)94-68-75(82)67-93-99(87,88)95-71-76(69-91-78(83)63-57-49-12-10-8-2)97-80(85)65-60-54-48-43-38-33-28-30-35-40-45-51-56-62-74(5)6/h73-77,82H,7-72H2,1-6H3,(H,87,88)(H,89,90)/t75-,76+,77+/m0/s1. The zero-order valence-corrected chi connectivity index (χ0v) is 67.3. The van der Waals surface area contributed by atoms with Gasteiger partial charge in [-0.25, -0.2) is 9.13 Å². The van der Waals surface area contributed by atoms with Crippen LogP contribution in [0.1, 0.15) is 427 Å². The van der Waals surface area contributed by atoms with E-state index in [9.17, 15) is 43.2 Å². The number of rotatable bonds is 80. The third-order valence-corrected chi connectivity index (χ3v) is 20.9. The van der Waals surface area contributed by atoms with Gasteiger partial charge in [0.25, 0.3) is 0 Å². The quantitative estimate of drug-likeness (QED) is 0.0222. The molecule has 19 heteroatoms. The molecule has 0 aliphatic carbocycles. The SMILES string of the molecule is CCCCCCCCCCCCCCCCCCCCCCC(=O)O[C@H](COC(=O)CCCCCCCCCCCCCCCCCCC(C)C)COP(=O)(O)OC[C@@H](O)COP(=O)(O)OC[C@@H](COC(=O)CCCCCCC)OC(=O)CCCCCCCCCCCCCCCC(C)C. The van der Waals surface area contributed by atoms with E-state index in [2.05, 4.69) is 41.5 Å². The van der Waals surface area contributed by atoms with E-state index in [1.54, 1.807) is 0 Å². The molecule has 594 valence electrons. The lowest BCUT2D eigenvalue weighted by atomic mass is 10.0. The molecule has 5 atom stereocenters. The molecule has 0 aromatic carbocycles. The summed E-state index contributed by atoms with van der Waals surface area (Å²) in [6.45, 7) is 9.59. The normalized spacial score (nSPS) is 13.9. The number of esters is 4. The fraction of sp³-hybridized carbons (Fsp3) is 0.951. The first-order valence-electron chi connectivity index (χ1n) is 42.0. The summed E-state index contributed by atoms with van der Waals surface area (Å²) in [5.41, 5.74) is 0. The van der Waals surface area contributed by atoms with Gasteiger partial charge in [-0.15, -0.1) is 0 Å². The minimum atomic E-state index is -4.96. The Labute approximate surface area is 613 Å². The van der Waals surface area contributed by atoms with Crippen molar-refractivity contribution in [2.75, 3.05) is 39.6 Å². The van der Waals surface area contributed by atoms with E-state index in [1.807, 2.05) is 0 Å². The van der Waals surface area contributed by atoms with Gasteiger partial charge >= 0.3 is 39.5 Å². The van der Waals surface area contributed by atoms with Crippen molar-refractivity contribution in [3.05, 3.63) is 0 Å². The number of carbonyl (C=O) groups excluding carboxylic acids is 4. The zero-order chi connectivity index (χ0) is 73.5. The summed E-state index contributed by atoms with van der Waals surface area (Å²) < 4.78 is 68.5. The first-order valence-corrected chi connectivity index (χ1v) is 45.0. The van der Waals surface area contributed by atoms with E-state index in [0.29, 0.717) is 25.7 Å². The van der Waals surface area contributed by atoms with Gasteiger partial charge in [0, 0.05) is 25.7 Å². The van der Waals surface area contributed by atoms with Crippen LogP contribution >= 0.6 is 15.6 Å². The average molecular weight is 1470 g/mol. The van der Waals surface area contributed by atoms with Crippen LogP contribution in [0.15, 0.2) is 0 Å². The van der Waals surface area contributed by atoms with Crippen LogP contribution in [0.5, 0.6) is 0 Å². The molecular weight excluding hydrogens is 1310 g/mol. The molecule has 0 bridgehead atoms. The van der Waals surface area contributed by atoms with Crippen LogP contribution in [-0.2, 0) is 65.4 Å². The van der Waals surface area contributed by atoms with Gasteiger partial charge in [0.1, 0.15) is 19.3 Å². The van der Waals surface area contributed by atoms with Crippen LogP contribution in [0.4, 0.5) is 0 Å². The Morgan fingerprint density at radius 2 is 0.460 bits per heavy atom. The molecule has 0 radical (unpaired) electrons. The lowest BCUT2D eigenvalue weighted by Crippen LogP contribution is -2.30. The Bertz CT molecular complexity index is 1920. The Balaban J connectivity index is 5.12. The van der Waals surface area contributed by atoms with Gasteiger partial charge in [-0.05, 0) is 37.5 Å². The highest BCUT2D eigenvalue weighted by Gasteiger charge is 2.30. The second-order valence-electron chi connectivity index (χ2n) is 30.1. The topological polar surface area (TPSA) is 237 Å². The number of aliphatic hydroxyl groups is 1. The third kappa shape index (κ3) is 74.3. The number of aliphatic hydroxyl groups excluding tert-OH is 1. The summed E-state index contributed by atoms with van der Waals surface area (Å²) in [4.78, 5) is 72.7. The maximum atomic E-state index is 13.1. The molecule has 0 rings (SSSR count). The molecule has 0 heterocycles. The highest BCUT2D eigenvalue weighted by atomic mass is 31.2. The Morgan fingerprint density at radius 1 is 0.270 bits per heavy atom. The Kier molecular flexibility index (Phi) is 71.2. The van der Waals surface area contributed by atoms with Crippen LogP contribution in [0, 0.1) is 11.8 Å². The minimum Gasteiger partial charge on any atom is -0.462 e. The van der Waals surface area contributed by atoms with Gasteiger partial charge in [0.2, 0.25) is 0 Å². The Hall–Kier alpha value is -1.94. The summed E-state index contributed by atoms with van der Waals surface area (Å²) >= 11 is 0. The lowest BCUT2D eigenvalue weighted by molar-refractivity contribution is -0.161. The second kappa shape index (κ2) is 72.6. The number of unbranched alkanes of at least 4 members (excludes halogenated alkanes) is 50. The predicted molar refractivity (Wildman–Crippen MR) is 409 cm³/mol. The molecule has 0 saturated heterocycles. The summed E-state index contributed by atoms with van der Waals surface area (Å²) in [6, 6.07) is 0. The van der Waals surface area contributed by atoms with E-state index >= 15 is 0 Å². The molecule has 0 fully saturated rings. The van der Waals surface area contributed by atoms with Crippen molar-refractivity contribution < 1.29 is 80.2 Å². The number of hydrogen-bond donors (Lipinski definition) is 3. The summed E-state index contributed by atoms with van der Waals surface area (Å²) in [5, 5.41) is 10.6. The first-order chi connectivity index (χ1) is 48.4. The summed E-state index contributed by atoms with van der Waals surface area (Å²) in [5.74, 6) is -0.521. The van der Waals surface area contributed by atoms with E-state index in [4.69, 9.17) is 37.0 Å². The van der Waals surface area contributed by atoms with Gasteiger partial charge in [0.15, 0.2) is 12.2 Å². The van der Waals surface area contributed by atoms with Crippen LogP contribution in [0.2, 0.25) is 0 Å². The Morgan fingerprint density at radius 3 is 0.680 bits per heavy atom. The van der Waals surface area contributed by atoms with E-state index in [-0.39, 0.29) is 25.7 Å². The molecule has 0 aromatic heterocycles. The predicted octanol–water partition coefficient (Wildman–Crippen LogP) is 24.3. The molecule has 0 aliphatic heterocycles. The number of carbonyl (C=O) groups is 4. The maximum Gasteiger partial charge on any atom is 0.472 e. The molecule has 3 N–H and O–H groups in total. The fourth-order valence-electron chi connectivity index (χ4n) is 12.5. The van der Waals surface area contributed by atoms with Crippen molar-refractivity contribution in [2.24, 2.45) is 11.8 Å². The zero-order valence-electron chi connectivity index (χ0n) is 65.5. The number of phosphoric acid groups is 2. The van der Waals surface area contributed by atoms with Gasteiger partial charge < -0.3 is 33.8 Å². The molecule has 0 aliphatic rings. The van der Waals surface area contributed by atoms with Crippen LogP contribution in [-0.4, -0.2) is 96.7 Å². The third-order valence-electron chi connectivity index (χ3n) is 19.0. The second-order valence-corrected chi connectivity index (χ2v) is 33.0. The fourth-order valence-corrected chi connectivity index (χ4v) is 14.1. The molecule has 17 nitrogen and oxygen atoms in total. The van der Waals surface area contributed by atoms with E-state index in [1.165, 1.54) is 238 Å². The van der Waals surface area contributed by atoms with Crippen LogP contribution in [0.25, 0.3) is 0 Å². The van der Waals surface area contributed by atoms with Crippen LogP contribution < -0.4 is 0 Å². The summed E-state index contributed by atoms with van der Waals surface area (Å²) in [6.07, 6.45) is 63.0. The number of phosphoric ester groups is 2. The highest BCUT2D eigenvalue weighted by molar-refractivity contribution is 7.47. The monoisotopic (exact) mass is 1470 g/mol. The molecule has 0 spiro atoms. The molecule has 0 amide bonds. The minimum absolute atomic E-state index is 0.106. The number of ether oxygens (including phenoxy) is 4. The molecule has 0 aromatic rings. The highest BCUT2D eigenvalue weighted by Crippen LogP contribution is 2.45. The summed E-state index contributed by atoms with van der Waals surface area (Å²) in [7, 11) is -9.91. The van der Waals surface area contributed by atoms with Gasteiger partial charge in [-0.1, -0.05) is 375 Å². The van der Waals surface area contributed by atoms with Crippen molar-refractivity contribution >= 4 is 39.5 Å². The molecule has 100 heavy (non-hydrogen) atoms. The molecular formula is C81H158O17P2.